The average Bonchev–Trinajstić information content (AvgIpc) is 2.84. The van der Waals surface area contributed by atoms with Crippen LogP contribution >= 0.6 is 22.9 Å². The second-order valence-corrected chi connectivity index (χ2v) is 6.63. The van der Waals surface area contributed by atoms with E-state index in [-0.39, 0.29) is 5.91 Å². The number of fused-ring (bicyclic) bond motifs is 1. The largest absolute Gasteiger partial charge is 0.312 e. The van der Waals surface area contributed by atoms with Crippen LogP contribution < -0.4 is 4.80 Å². The van der Waals surface area contributed by atoms with E-state index in [0.717, 1.165) is 10.2 Å². The predicted molar refractivity (Wildman–Crippen MR) is 96.1 cm³/mol. The van der Waals surface area contributed by atoms with Crippen LogP contribution in [-0.2, 0) is 6.54 Å². The highest BCUT2D eigenvalue weighted by Gasteiger charge is 2.09. The maximum atomic E-state index is 12.4. The van der Waals surface area contributed by atoms with E-state index >= 15 is 0 Å². The SMILES string of the molecule is C=CCn1c(=NC(=O)c2cccc(Cl)c2)sc2cc(C)ccc21. The zero-order valence-corrected chi connectivity index (χ0v) is 14.2. The molecule has 0 spiro atoms. The standard InChI is InChI=1S/C18H15ClN2OS/c1-3-9-21-15-8-7-12(2)10-16(15)23-18(21)20-17(22)13-5-4-6-14(19)11-13/h3-8,10-11H,1,9H2,2H3. The molecule has 1 aromatic heterocycles. The molecular formula is C18H15ClN2OS. The fourth-order valence-corrected chi connectivity index (χ4v) is 3.67. The molecule has 3 nitrogen and oxygen atoms in total. The minimum absolute atomic E-state index is 0.298. The molecule has 23 heavy (non-hydrogen) atoms. The molecule has 5 heteroatoms. The van der Waals surface area contributed by atoms with E-state index in [4.69, 9.17) is 11.6 Å². The first-order valence-electron chi connectivity index (χ1n) is 7.14. The van der Waals surface area contributed by atoms with E-state index in [2.05, 4.69) is 23.7 Å². The number of benzene rings is 2. The van der Waals surface area contributed by atoms with E-state index in [1.54, 1.807) is 30.3 Å². The molecule has 0 saturated carbocycles. The molecule has 1 heterocycles. The third-order valence-corrected chi connectivity index (χ3v) is 4.69. The third kappa shape index (κ3) is 3.28. The Morgan fingerprint density at radius 1 is 1.35 bits per heavy atom. The fraction of sp³-hybridized carbons (Fsp3) is 0.111. The lowest BCUT2D eigenvalue weighted by atomic mass is 10.2. The lowest BCUT2D eigenvalue weighted by molar-refractivity contribution is 0.0998. The van der Waals surface area contributed by atoms with Crippen molar-refractivity contribution >= 4 is 39.1 Å². The van der Waals surface area contributed by atoms with Gasteiger partial charge in [-0.05, 0) is 42.8 Å². The predicted octanol–water partition coefficient (Wildman–Crippen LogP) is 4.59. The molecule has 0 aliphatic carbocycles. The van der Waals surface area contributed by atoms with Crippen LogP contribution in [0.3, 0.4) is 0 Å². The molecule has 3 aromatic rings. The lowest BCUT2D eigenvalue weighted by Gasteiger charge is -2.01. The summed E-state index contributed by atoms with van der Waals surface area (Å²) in [5.41, 5.74) is 2.71. The number of rotatable bonds is 3. The second-order valence-electron chi connectivity index (χ2n) is 5.18. The van der Waals surface area contributed by atoms with Gasteiger partial charge >= 0.3 is 0 Å². The maximum Gasteiger partial charge on any atom is 0.279 e. The van der Waals surface area contributed by atoms with Gasteiger partial charge in [0.1, 0.15) is 0 Å². The van der Waals surface area contributed by atoms with Crippen LogP contribution in [0.1, 0.15) is 15.9 Å². The number of thiazole rings is 1. The Labute approximate surface area is 143 Å². The quantitative estimate of drug-likeness (QED) is 0.641. The summed E-state index contributed by atoms with van der Waals surface area (Å²) >= 11 is 7.44. The van der Waals surface area contributed by atoms with Gasteiger partial charge in [-0.3, -0.25) is 4.79 Å². The number of hydrogen-bond donors (Lipinski definition) is 0. The van der Waals surface area contributed by atoms with Gasteiger partial charge in [-0.15, -0.1) is 6.58 Å². The smallest absolute Gasteiger partial charge is 0.279 e. The summed E-state index contributed by atoms with van der Waals surface area (Å²) in [4.78, 5) is 17.4. The van der Waals surface area contributed by atoms with Crippen molar-refractivity contribution in [1.82, 2.24) is 4.57 Å². The number of carbonyl (C=O) groups is 1. The molecule has 0 N–H and O–H groups in total. The van der Waals surface area contributed by atoms with Crippen molar-refractivity contribution in [2.75, 3.05) is 0 Å². The Hall–Kier alpha value is -2.17. The first-order chi connectivity index (χ1) is 11.1. The number of aryl methyl sites for hydroxylation is 1. The molecular weight excluding hydrogens is 328 g/mol. The van der Waals surface area contributed by atoms with E-state index in [1.165, 1.54) is 16.9 Å². The minimum atomic E-state index is -0.298. The van der Waals surface area contributed by atoms with Crippen LogP contribution in [0.2, 0.25) is 5.02 Å². The second kappa shape index (κ2) is 6.52. The number of nitrogens with zero attached hydrogens (tertiary/aromatic N) is 2. The molecule has 0 saturated heterocycles. The van der Waals surface area contributed by atoms with Gasteiger partial charge in [0.25, 0.3) is 5.91 Å². The van der Waals surface area contributed by atoms with Crippen LogP contribution in [0.25, 0.3) is 10.2 Å². The number of halogens is 1. The zero-order valence-electron chi connectivity index (χ0n) is 12.6. The summed E-state index contributed by atoms with van der Waals surface area (Å²) in [7, 11) is 0. The maximum absolute atomic E-state index is 12.4. The van der Waals surface area contributed by atoms with Gasteiger partial charge in [0, 0.05) is 17.1 Å². The number of amides is 1. The van der Waals surface area contributed by atoms with Crippen LogP contribution in [0.4, 0.5) is 0 Å². The van der Waals surface area contributed by atoms with Crippen molar-refractivity contribution in [3.8, 4) is 0 Å². The fourth-order valence-electron chi connectivity index (χ4n) is 2.34. The van der Waals surface area contributed by atoms with Gasteiger partial charge < -0.3 is 4.57 Å². The Kier molecular flexibility index (Phi) is 4.46. The number of allylic oxidation sites excluding steroid dienone is 1. The van der Waals surface area contributed by atoms with Crippen molar-refractivity contribution in [1.29, 1.82) is 0 Å². The first-order valence-corrected chi connectivity index (χ1v) is 8.33. The van der Waals surface area contributed by atoms with Gasteiger partial charge in [-0.25, -0.2) is 0 Å². The Morgan fingerprint density at radius 2 is 2.17 bits per heavy atom. The highest BCUT2D eigenvalue weighted by atomic mass is 35.5. The molecule has 0 aliphatic heterocycles. The van der Waals surface area contributed by atoms with Crippen molar-refractivity contribution in [3.63, 3.8) is 0 Å². The molecule has 2 aromatic carbocycles. The molecule has 116 valence electrons. The Bertz CT molecular complexity index is 969. The van der Waals surface area contributed by atoms with Gasteiger partial charge in [0.2, 0.25) is 0 Å². The average molecular weight is 343 g/mol. The summed E-state index contributed by atoms with van der Waals surface area (Å²) in [6.07, 6.45) is 1.80. The van der Waals surface area contributed by atoms with Gasteiger partial charge in [0.15, 0.2) is 4.80 Å². The number of hydrogen-bond acceptors (Lipinski definition) is 2. The van der Waals surface area contributed by atoms with Crippen molar-refractivity contribution in [2.45, 2.75) is 13.5 Å². The Morgan fingerprint density at radius 3 is 2.91 bits per heavy atom. The molecule has 3 rings (SSSR count). The van der Waals surface area contributed by atoms with Gasteiger partial charge in [-0.1, -0.05) is 41.1 Å². The summed E-state index contributed by atoms with van der Waals surface area (Å²) in [5.74, 6) is -0.298. The van der Waals surface area contributed by atoms with E-state index < -0.39 is 0 Å². The van der Waals surface area contributed by atoms with Gasteiger partial charge in [-0.2, -0.15) is 4.99 Å². The van der Waals surface area contributed by atoms with E-state index in [0.29, 0.717) is 21.9 Å². The highest BCUT2D eigenvalue weighted by Crippen LogP contribution is 2.19. The molecule has 0 atom stereocenters. The summed E-state index contributed by atoms with van der Waals surface area (Å²) in [6.45, 7) is 6.44. The highest BCUT2D eigenvalue weighted by molar-refractivity contribution is 7.16. The van der Waals surface area contributed by atoms with Crippen LogP contribution in [0, 0.1) is 6.92 Å². The normalized spacial score (nSPS) is 11.8. The van der Waals surface area contributed by atoms with Crippen LogP contribution in [0.15, 0.2) is 60.1 Å². The topological polar surface area (TPSA) is 34.4 Å². The van der Waals surface area contributed by atoms with Crippen molar-refractivity contribution < 1.29 is 4.79 Å². The molecule has 0 aliphatic rings. The molecule has 0 bridgehead atoms. The zero-order chi connectivity index (χ0) is 16.4. The van der Waals surface area contributed by atoms with Crippen LogP contribution in [0.5, 0.6) is 0 Å². The lowest BCUT2D eigenvalue weighted by Crippen LogP contribution is -2.16. The molecule has 0 radical (unpaired) electrons. The Balaban J connectivity index is 2.16. The first kappa shape index (κ1) is 15.7. The molecule has 0 unspecified atom stereocenters. The van der Waals surface area contributed by atoms with Crippen LogP contribution in [-0.4, -0.2) is 10.5 Å². The summed E-state index contributed by atoms with van der Waals surface area (Å²) < 4.78 is 3.10. The molecule has 0 fully saturated rings. The summed E-state index contributed by atoms with van der Waals surface area (Å²) in [6, 6.07) is 13.0. The van der Waals surface area contributed by atoms with E-state index in [9.17, 15) is 4.79 Å². The number of carbonyl (C=O) groups excluding carboxylic acids is 1. The monoisotopic (exact) mass is 342 g/mol. The van der Waals surface area contributed by atoms with Gasteiger partial charge in [0.05, 0.1) is 10.2 Å². The third-order valence-electron chi connectivity index (χ3n) is 3.42. The summed E-state index contributed by atoms with van der Waals surface area (Å²) in [5, 5.41) is 0.525. The number of aromatic nitrogens is 1. The van der Waals surface area contributed by atoms with Crippen molar-refractivity contribution in [2.24, 2.45) is 4.99 Å². The van der Waals surface area contributed by atoms with E-state index in [1.807, 2.05) is 17.6 Å². The van der Waals surface area contributed by atoms with Crippen molar-refractivity contribution in [3.05, 3.63) is 76.1 Å². The minimum Gasteiger partial charge on any atom is -0.312 e. The molecule has 1 amide bonds.